The van der Waals surface area contributed by atoms with E-state index >= 15 is 0 Å². The van der Waals surface area contributed by atoms with Gasteiger partial charge < -0.3 is 9.31 Å². The fourth-order valence-corrected chi connectivity index (χ4v) is 3.22. The van der Waals surface area contributed by atoms with Gasteiger partial charge in [-0.15, -0.1) is 0 Å². The molecule has 0 atom stereocenters. The molecular weight excluding hydrogens is 347 g/mol. The molecule has 8 nitrogen and oxygen atoms in total. The Labute approximate surface area is 157 Å². The molecule has 0 spiro atoms. The van der Waals surface area contributed by atoms with Crippen LogP contribution in [0.2, 0.25) is 0 Å². The third-order valence-electron chi connectivity index (χ3n) is 5.48. The standard InChI is InChI=1S/C18H21BN4O4/c1-17(2)18(3,4)27-19(26-17)12-7-11-9-20-10-21-15(11)13(8-12)23-6-5-14(24)22-16(23)25/h7-10H,5-6H2,1-4H3,(H,22,24,25). The van der Waals surface area contributed by atoms with Crippen molar-refractivity contribution in [3.63, 3.8) is 0 Å². The summed E-state index contributed by atoms with van der Waals surface area (Å²) in [5, 5.41) is 3.12. The van der Waals surface area contributed by atoms with Crippen molar-refractivity contribution in [3.8, 4) is 0 Å². The molecule has 2 aromatic rings. The number of anilines is 1. The molecule has 3 heterocycles. The van der Waals surface area contributed by atoms with E-state index in [0.717, 1.165) is 10.8 Å². The molecule has 1 aromatic heterocycles. The first kappa shape index (κ1) is 17.9. The van der Waals surface area contributed by atoms with Gasteiger partial charge in [0.2, 0.25) is 5.91 Å². The van der Waals surface area contributed by atoms with Crippen molar-refractivity contribution >= 4 is 41.1 Å². The zero-order valence-electron chi connectivity index (χ0n) is 15.8. The molecule has 140 valence electrons. The van der Waals surface area contributed by atoms with E-state index in [1.807, 2.05) is 39.8 Å². The van der Waals surface area contributed by atoms with Crippen LogP contribution in [0.3, 0.4) is 0 Å². The number of benzene rings is 1. The number of hydrogen-bond donors (Lipinski definition) is 1. The molecule has 0 saturated carbocycles. The maximum absolute atomic E-state index is 12.4. The molecular formula is C18H21BN4O4. The number of amides is 3. The van der Waals surface area contributed by atoms with Gasteiger partial charge in [0, 0.05) is 24.5 Å². The van der Waals surface area contributed by atoms with Gasteiger partial charge in [0.15, 0.2) is 0 Å². The van der Waals surface area contributed by atoms with E-state index in [2.05, 4.69) is 15.3 Å². The fraction of sp³-hybridized carbons (Fsp3) is 0.444. The van der Waals surface area contributed by atoms with Crippen LogP contribution in [0.25, 0.3) is 10.9 Å². The smallest absolute Gasteiger partial charge is 0.399 e. The van der Waals surface area contributed by atoms with Gasteiger partial charge in [-0.25, -0.2) is 14.8 Å². The lowest BCUT2D eigenvalue weighted by Crippen LogP contribution is -2.50. The lowest BCUT2D eigenvalue weighted by molar-refractivity contribution is -0.120. The van der Waals surface area contributed by atoms with Crippen LogP contribution in [-0.4, -0.2) is 46.8 Å². The number of hydrogen-bond acceptors (Lipinski definition) is 6. The maximum Gasteiger partial charge on any atom is 0.494 e. The maximum atomic E-state index is 12.4. The molecule has 0 unspecified atom stereocenters. The number of fused-ring (bicyclic) bond motifs is 1. The van der Waals surface area contributed by atoms with E-state index in [4.69, 9.17) is 9.31 Å². The van der Waals surface area contributed by atoms with Crippen molar-refractivity contribution in [2.45, 2.75) is 45.3 Å². The minimum absolute atomic E-state index is 0.235. The monoisotopic (exact) mass is 368 g/mol. The highest BCUT2D eigenvalue weighted by Gasteiger charge is 2.52. The van der Waals surface area contributed by atoms with Crippen molar-refractivity contribution in [1.29, 1.82) is 0 Å². The molecule has 9 heteroatoms. The Kier molecular flexibility index (Phi) is 3.97. The first-order chi connectivity index (χ1) is 12.7. The molecule has 0 aliphatic carbocycles. The molecule has 3 amide bonds. The van der Waals surface area contributed by atoms with Crippen LogP contribution in [-0.2, 0) is 14.1 Å². The van der Waals surface area contributed by atoms with E-state index in [9.17, 15) is 9.59 Å². The van der Waals surface area contributed by atoms with E-state index in [1.165, 1.54) is 11.2 Å². The molecule has 27 heavy (non-hydrogen) atoms. The topological polar surface area (TPSA) is 93.7 Å². The van der Waals surface area contributed by atoms with Crippen molar-refractivity contribution in [3.05, 3.63) is 24.7 Å². The Balaban J connectivity index is 1.80. The predicted octanol–water partition coefficient (Wildman–Crippen LogP) is 1.38. The number of rotatable bonds is 2. The second-order valence-electron chi connectivity index (χ2n) is 7.84. The zero-order valence-corrected chi connectivity index (χ0v) is 15.8. The van der Waals surface area contributed by atoms with Gasteiger partial charge in [-0.2, -0.15) is 0 Å². The Morgan fingerprint density at radius 1 is 1.15 bits per heavy atom. The van der Waals surface area contributed by atoms with Crippen LogP contribution in [0.5, 0.6) is 0 Å². The van der Waals surface area contributed by atoms with Gasteiger partial charge in [0.1, 0.15) is 6.33 Å². The summed E-state index contributed by atoms with van der Waals surface area (Å²) in [4.78, 5) is 33.8. The molecule has 1 aromatic carbocycles. The van der Waals surface area contributed by atoms with Crippen LogP contribution in [0.4, 0.5) is 10.5 Å². The first-order valence-corrected chi connectivity index (χ1v) is 8.89. The molecule has 2 aliphatic heterocycles. The summed E-state index contributed by atoms with van der Waals surface area (Å²) >= 11 is 0. The van der Waals surface area contributed by atoms with Gasteiger partial charge in [-0.1, -0.05) is 6.07 Å². The summed E-state index contributed by atoms with van der Waals surface area (Å²) in [5.41, 5.74) is 1.05. The highest BCUT2D eigenvalue weighted by Crippen LogP contribution is 2.37. The number of nitrogens with one attached hydrogen (secondary N) is 1. The third kappa shape index (κ3) is 2.96. The Morgan fingerprint density at radius 3 is 2.52 bits per heavy atom. The summed E-state index contributed by atoms with van der Waals surface area (Å²) in [6, 6.07) is 3.29. The molecule has 0 bridgehead atoms. The van der Waals surface area contributed by atoms with Crippen molar-refractivity contribution in [2.24, 2.45) is 0 Å². The number of carbonyl (C=O) groups is 2. The number of carbonyl (C=O) groups excluding carboxylic acids is 2. The van der Waals surface area contributed by atoms with Gasteiger partial charge in [0.05, 0.1) is 22.4 Å². The molecule has 2 fully saturated rings. The summed E-state index contributed by atoms with van der Waals surface area (Å²) < 4.78 is 12.3. The summed E-state index contributed by atoms with van der Waals surface area (Å²) in [6.45, 7) is 8.24. The average molecular weight is 368 g/mol. The van der Waals surface area contributed by atoms with Crippen LogP contribution in [0, 0.1) is 0 Å². The molecule has 2 aliphatic rings. The fourth-order valence-electron chi connectivity index (χ4n) is 3.22. The molecule has 0 radical (unpaired) electrons. The molecule has 1 N–H and O–H groups in total. The zero-order chi connectivity index (χ0) is 19.4. The van der Waals surface area contributed by atoms with Crippen LogP contribution < -0.4 is 15.7 Å². The highest BCUT2D eigenvalue weighted by molar-refractivity contribution is 6.62. The third-order valence-corrected chi connectivity index (χ3v) is 5.48. The second-order valence-corrected chi connectivity index (χ2v) is 7.84. The lowest BCUT2D eigenvalue weighted by atomic mass is 9.78. The van der Waals surface area contributed by atoms with Crippen molar-refractivity contribution in [1.82, 2.24) is 15.3 Å². The van der Waals surface area contributed by atoms with Gasteiger partial charge >= 0.3 is 13.1 Å². The quantitative estimate of drug-likeness (QED) is 0.805. The van der Waals surface area contributed by atoms with E-state index in [1.54, 1.807) is 6.20 Å². The summed E-state index contributed by atoms with van der Waals surface area (Å²) in [7, 11) is -0.576. The largest absolute Gasteiger partial charge is 0.494 e. The highest BCUT2D eigenvalue weighted by atomic mass is 16.7. The van der Waals surface area contributed by atoms with Crippen LogP contribution >= 0.6 is 0 Å². The molecule has 2 saturated heterocycles. The summed E-state index contributed by atoms with van der Waals surface area (Å²) in [5.74, 6) is -0.280. The predicted molar refractivity (Wildman–Crippen MR) is 101 cm³/mol. The number of nitrogens with zero attached hydrogens (tertiary/aromatic N) is 3. The normalized spacial score (nSPS) is 21.6. The van der Waals surface area contributed by atoms with Gasteiger partial charge in [0.25, 0.3) is 0 Å². The van der Waals surface area contributed by atoms with Crippen LogP contribution in [0.15, 0.2) is 24.7 Å². The minimum Gasteiger partial charge on any atom is -0.399 e. The molecule has 4 rings (SSSR count). The lowest BCUT2D eigenvalue weighted by Gasteiger charge is -2.32. The van der Waals surface area contributed by atoms with E-state index in [-0.39, 0.29) is 18.9 Å². The van der Waals surface area contributed by atoms with Crippen molar-refractivity contribution in [2.75, 3.05) is 11.4 Å². The average Bonchev–Trinajstić information content (AvgIpc) is 2.82. The second kappa shape index (κ2) is 6.00. The first-order valence-electron chi connectivity index (χ1n) is 8.89. The van der Waals surface area contributed by atoms with Crippen LogP contribution in [0.1, 0.15) is 34.1 Å². The summed E-state index contributed by atoms with van der Waals surface area (Å²) in [6.07, 6.45) is 3.36. The number of aromatic nitrogens is 2. The Bertz CT molecular complexity index is 930. The SMILES string of the molecule is CC1(C)OB(c2cc(N3CCC(=O)NC3=O)c3ncncc3c2)OC1(C)C. The van der Waals surface area contributed by atoms with E-state index in [0.29, 0.717) is 11.2 Å². The number of imide groups is 1. The number of urea groups is 1. The Morgan fingerprint density at radius 2 is 1.85 bits per heavy atom. The van der Waals surface area contributed by atoms with Gasteiger partial charge in [-0.3, -0.25) is 15.0 Å². The Hall–Kier alpha value is -2.52. The van der Waals surface area contributed by atoms with Crippen molar-refractivity contribution < 1.29 is 18.9 Å². The van der Waals surface area contributed by atoms with E-state index < -0.39 is 24.4 Å². The van der Waals surface area contributed by atoms with Gasteiger partial charge in [-0.05, 0) is 39.2 Å². The minimum atomic E-state index is -0.576.